The first kappa shape index (κ1) is 94.4. The van der Waals surface area contributed by atoms with Gasteiger partial charge in [0.1, 0.15) is 77.0 Å². The molecule has 2 aromatic carbocycles. The minimum absolute atomic E-state index is 0.0470. The van der Waals surface area contributed by atoms with Gasteiger partial charge in [-0.3, -0.25) is 24.0 Å². The first-order valence-corrected chi connectivity index (χ1v) is 44.2. The number of carbonyl (C=O) groups is 11. The highest BCUT2D eigenvalue weighted by molar-refractivity contribution is 5.86. The maximum Gasteiger partial charge on any atom is 0.328 e. The van der Waals surface area contributed by atoms with Crippen LogP contribution in [0.5, 0.6) is 11.5 Å². The topological polar surface area (TPSA) is 294 Å². The number of hydrogen-bond donors (Lipinski definition) is 5. The Bertz CT molecular complexity index is 3510. The zero-order chi connectivity index (χ0) is 83.4. The van der Waals surface area contributed by atoms with E-state index in [0.29, 0.717) is 155 Å². The van der Waals surface area contributed by atoms with E-state index in [1.807, 2.05) is 39.8 Å². The third-order valence-electron chi connectivity index (χ3n) is 25.9. The Hall–Kier alpha value is -6.71. The monoisotopic (exact) mass is 1590 g/mol. The fraction of sp³-hybridized carbons (Fsp3) is 0.753. The van der Waals surface area contributed by atoms with Gasteiger partial charge in [0.05, 0.1) is 6.61 Å². The number of unbranched alkanes of at least 4 members (excludes halogenated alkanes) is 5. The van der Waals surface area contributed by atoms with Gasteiger partial charge < -0.3 is 59.9 Å². The summed E-state index contributed by atoms with van der Waals surface area (Å²) in [4.78, 5) is 139. The van der Waals surface area contributed by atoms with Gasteiger partial charge in [-0.15, -0.1) is 0 Å². The van der Waals surface area contributed by atoms with E-state index in [1.165, 1.54) is 22.3 Å². The molecule has 0 saturated heterocycles. The number of ether oxygens (including phenoxy) is 5. The lowest BCUT2D eigenvalue weighted by Gasteiger charge is -2.50. The predicted octanol–water partition coefficient (Wildman–Crippen LogP) is 15.9. The van der Waals surface area contributed by atoms with Crippen LogP contribution < -0.4 is 36.1 Å². The van der Waals surface area contributed by atoms with Crippen LogP contribution in [-0.2, 0) is 79.8 Å². The van der Waals surface area contributed by atoms with Gasteiger partial charge in [0.2, 0.25) is 11.8 Å². The Kier molecular flexibility index (Phi) is 38.5. The molecule has 0 radical (unpaired) electrons. The SMILES string of the molecule is CCOC(=O)C(CCCCCC(=O)CCCCC(C)=O)NCCC(=O)CCCCC(=O)NC(CC(C)C)C(=O)O[C@H]1CCC2C3CCc4cc(OC(=O)C(CC(C)C)NC)ccc4C3CC[C@@]21C.CNC(CC(C)C)C(=O)Oc1ccc2c(c1)CCC1C2CC[C@@]2(C)C1CC[C@@H]2OC(=O)C(CC(C)C)NC(=O)CCCCC(C)=O. The van der Waals surface area contributed by atoms with Crippen LogP contribution in [0.4, 0.5) is 0 Å². The van der Waals surface area contributed by atoms with Crippen LogP contribution in [0.25, 0.3) is 0 Å². The molecule has 11 unspecified atom stereocenters. The van der Waals surface area contributed by atoms with Crippen molar-refractivity contribution in [3.63, 3.8) is 0 Å². The number of ketones is 4. The van der Waals surface area contributed by atoms with Crippen molar-refractivity contribution in [2.75, 3.05) is 27.2 Å². The average molecular weight is 1590 g/mol. The second kappa shape index (κ2) is 46.4. The van der Waals surface area contributed by atoms with Crippen molar-refractivity contribution in [3.8, 4) is 11.5 Å². The van der Waals surface area contributed by atoms with Gasteiger partial charge in [0.15, 0.2) is 0 Å². The molecule has 2 amide bonds. The van der Waals surface area contributed by atoms with Crippen molar-refractivity contribution in [2.45, 2.75) is 363 Å². The van der Waals surface area contributed by atoms with Gasteiger partial charge in [-0.2, -0.15) is 0 Å². The van der Waals surface area contributed by atoms with Gasteiger partial charge in [-0.25, -0.2) is 19.2 Å². The second-order valence-corrected chi connectivity index (χ2v) is 36.6. The number of fused-ring (bicyclic) bond motifs is 10. The third kappa shape index (κ3) is 28.3. The molecule has 0 heterocycles. The zero-order valence-electron chi connectivity index (χ0n) is 72.3. The standard InChI is InChI=1S/C55H87N3O10.C38H58N2O6/c1-9-66-52(63)47(21-12-10-11-18-40(60)19-14-13-17-38(6)59)57-32-30-41(61)20-15-16-22-51(62)58-49(34-37(4)5)54(65)68-50-28-27-46-45-25-23-39-35-42(67-53(64)48(56-8)33-36(2)3)24-26-43(39)44(45)29-31-55(46,50)7;1-23(2)20-32(39-7)36(43)45-27-13-15-28-26(22-27)12-14-30-29(28)18-19-38(6)31(30)16-17-34(38)46-37(44)33(21-24(3)4)40-35(42)11-9-8-10-25(5)41/h24,26,35-37,44-50,56-57H,9-23,25,27-34H2,1-8H3,(H,58,62);13,15,22-24,29-34,39H,8-12,14,16-21H2,1-7H3,(H,40,42)/t44?,45?,46?,47?,48?,49?,50-,55-;29?,30?,31?,32?,33?,34-,38-/m00/s1. The molecule has 5 N–H and O–H groups in total. The van der Waals surface area contributed by atoms with E-state index in [4.69, 9.17) is 23.7 Å². The van der Waals surface area contributed by atoms with Crippen molar-refractivity contribution in [1.29, 1.82) is 0 Å². The molecule has 638 valence electrons. The molecule has 6 aliphatic carbocycles. The van der Waals surface area contributed by atoms with Crippen molar-refractivity contribution < 1.29 is 76.4 Å². The number of Topliss-reactive ketones (excluding diaryl/α,β-unsaturated/α-hetero) is 4. The predicted molar refractivity (Wildman–Crippen MR) is 443 cm³/mol. The minimum Gasteiger partial charge on any atom is -0.465 e. The third-order valence-corrected chi connectivity index (χ3v) is 25.9. The smallest absolute Gasteiger partial charge is 0.328 e. The van der Waals surface area contributed by atoms with Crippen LogP contribution in [0, 0.1) is 58.2 Å². The number of amides is 2. The van der Waals surface area contributed by atoms with E-state index < -0.39 is 18.1 Å². The van der Waals surface area contributed by atoms with Gasteiger partial charge >= 0.3 is 29.8 Å². The van der Waals surface area contributed by atoms with Crippen molar-refractivity contribution in [1.82, 2.24) is 26.6 Å². The number of hydrogen-bond acceptors (Lipinski definition) is 19. The van der Waals surface area contributed by atoms with E-state index in [9.17, 15) is 52.7 Å². The molecule has 4 fully saturated rings. The number of rotatable bonds is 47. The molecule has 114 heavy (non-hydrogen) atoms. The maximum atomic E-state index is 13.9. The van der Waals surface area contributed by atoms with Crippen LogP contribution in [0.2, 0.25) is 0 Å². The van der Waals surface area contributed by atoms with E-state index in [-0.39, 0.29) is 131 Å². The molecule has 21 heteroatoms. The number of likely N-dealkylation sites (N-methyl/N-ethyl adjacent to an activating group) is 2. The van der Waals surface area contributed by atoms with Crippen LogP contribution >= 0.6 is 0 Å². The van der Waals surface area contributed by atoms with Crippen molar-refractivity contribution in [2.24, 2.45) is 58.2 Å². The molecule has 6 aliphatic rings. The molecule has 2 aromatic rings. The Labute approximate surface area is 682 Å². The second-order valence-electron chi connectivity index (χ2n) is 36.6. The van der Waals surface area contributed by atoms with Crippen LogP contribution in [0.3, 0.4) is 0 Å². The quantitative estimate of drug-likeness (QED) is 0.0178. The summed E-state index contributed by atoms with van der Waals surface area (Å²) in [6.45, 7) is 26.7. The van der Waals surface area contributed by atoms with Crippen LogP contribution in [0.15, 0.2) is 36.4 Å². The summed E-state index contributed by atoms with van der Waals surface area (Å²) in [6.07, 6.45) is 23.6. The number of aryl methyl sites for hydroxylation is 2. The number of carbonyl (C=O) groups excluding carboxylic acids is 11. The largest absolute Gasteiger partial charge is 0.465 e. The van der Waals surface area contributed by atoms with Crippen molar-refractivity contribution >= 4 is 64.8 Å². The summed E-state index contributed by atoms with van der Waals surface area (Å²) >= 11 is 0. The molecule has 15 atom stereocenters. The summed E-state index contributed by atoms with van der Waals surface area (Å²) < 4.78 is 29.6. The highest BCUT2D eigenvalue weighted by Gasteiger charge is 2.58. The molecule has 21 nitrogen and oxygen atoms in total. The van der Waals surface area contributed by atoms with E-state index in [1.54, 1.807) is 34.9 Å². The van der Waals surface area contributed by atoms with E-state index in [0.717, 1.165) is 116 Å². The van der Waals surface area contributed by atoms with E-state index in [2.05, 4.69) is 92.4 Å². The molecule has 4 saturated carbocycles. The summed E-state index contributed by atoms with van der Waals surface area (Å²) in [5.74, 6) is 3.84. The molecule has 0 bridgehead atoms. The fourth-order valence-corrected chi connectivity index (χ4v) is 19.9. The molecule has 0 spiro atoms. The Morgan fingerprint density at radius 2 is 0.816 bits per heavy atom. The molecule has 0 aliphatic heterocycles. The Balaban J connectivity index is 0.000000340. The molecular formula is C93H145N5O16. The Morgan fingerprint density at radius 3 is 1.21 bits per heavy atom. The first-order chi connectivity index (χ1) is 54.3. The summed E-state index contributed by atoms with van der Waals surface area (Å²) in [5, 5.41) is 15.3. The summed E-state index contributed by atoms with van der Waals surface area (Å²) in [6, 6.07) is 9.82. The number of nitrogens with one attached hydrogen (secondary N) is 5. The highest BCUT2D eigenvalue weighted by atomic mass is 16.6. The number of benzene rings is 2. The minimum atomic E-state index is -0.739. The summed E-state index contributed by atoms with van der Waals surface area (Å²) in [5.41, 5.74) is 5.07. The maximum absolute atomic E-state index is 13.9. The van der Waals surface area contributed by atoms with Crippen LogP contribution in [0.1, 0.15) is 330 Å². The van der Waals surface area contributed by atoms with Gasteiger partial charge in [0.25, 0.3) is 0 Å². The molecule has 8 rings (SSSR count). The molecule has 0 aromatic heterocycles. The lowest BCUT2D eigenvalue weighted by atomic mass is 9.55. The number of esters is 5. The zero-order valence-corrected chi connectivity index (χ0v) is 72.3. The summed E-state index contributed by atoms with van der Waals surface area (Å²) in [7, 11) is 3.60. The highest BCUT2D eigenvalue weighted by Crippen LogP contribution is 2.63. The lowest BCUT2D eigenvalue weighted by Crippen LogP contribution is -2.48. The average Bonchev–Trinajstić information content (AvgIpc) is 1.55. The molecular weight excluding hydrogens is 1440 g/mol. The van der Waals surface area contributed by atoms with Gasteiger partial charge in [-0.05, 0) is 295 Å². The Morgan fingerprint density at radius 1 is 0.430 bits per heavy atom. The lowest BCUT2D eigenvalue weighted by molar-refractivity contribution is -0.162. The van der Waals surface area contributed by atoms with E-state index >= 15 is 0 Å². The first-order valence-electron chi connectivity index (χ1n) is 44.2. The normalized spacial score (nSPS) is 23.8. The van der Waals surface area contributed by atoms with Gasteiger partial charge in [0, 0.05) is 68.7 Å². The van der Waals surface area contributed by atoms with Crippen molar-refractivity contribution in [3.05, 3.63) is 58.7 Å². The van der Waals surface area contributed by atoms with Gasteiger partial charge in [-0.1, -0.05) is 94.2 Å². The van der Waals surface area contributed by atoms with Crippen LogP contribution in [-0.4, -0.2) is 134 Å². The fourth-order valence-electron chi connectivity index (χ4n) is 19.9.